The van der Waals surface area contributed by atoms with Gasteiger partial charge < -0.3 is 0 Å². The molecule has 0 bridgehead atoms. The van der Waals surface area contributed by atoms with Gasteiger partial charge in [0.1, 0.15) is 6.04 Å². The number of rotatable bonds is 9. The fraction of sp³-hybridized carbons (Fsp3) is 0.889. The highest BCUT2D eigenvalue weighted by Gasteiger charge is 2.30. The van der Waals surface area contributed by atoms with Crippen molar-refractivity contribution in [3.63, 3.8) is 0 Å². The molecule has 0 amide bonds. The smallest absolute Gasteiger partial charge is 0.128 e. The van der Waals surface area contributed by atoms with Crippen LogP contribution in [0.3, 0.4) is 0 Å². The van der Waals surface area contributed by atoms with Crippen LogP contribution >= 0.6 is 0 Å². The van der Waals surface area contributed by atoms with Crippen LogP contribution in [0.4, 0.5) is 0 Å². The maximum atomic E-state index is 5.30. The number of nitrogens with zero attached hydrogens (tertiary/aromatic N) is 2. The van der Waals surface area contributed by atoms with Crippen LogP contribution in [-0.4, -0.2) is 12.1 Å². The van der Waals surface area contributed by atoms with Crippen molar-refractivity contribution in [1.82, 2.24) is 0 Å². The zero-order valence-corrected chi connectivity index (χ0v) is 14.7. The number of hydrogen-bond donors (Lipinski definition) is 0. The predicted molar refractivity (Wildman–Crippen MR) is 88.9 cm³/mol. The van der Waals surface area contributed by atoms with Crippen molar-refractivity contribution in [2.45, 2.75) is 92.7 Å². The Labute approximate surface area is 126 Å². The molecule has 0 aliphatic rings. The predicted octanol–water partition coefficient (Wildman–Crippen LogP) is 5.87. The summed E-state index contributed by atoms with van der Waals surface area (Å²) in [7, 11) is 0. The number of terminal acetylenes is 1. The highest BCUT2D eigenvalue weighted by atomic mass is 15.1. The summed E-state index contributed by atoms with van der Waals surface area (Å²) in [6, 6.07) is 0.162. The first-order chi connectivity index (χ1) is 9.18. The molecule has 0 radical (unpaired) electrons. The first-order valence-corrected chi connectivity index (χ1v) is 8.04. The molecule has 0 N–H and O–H groups in total. The number of azo groups is 1. The first-order valence-electron chi connectivity index (χ1n) is 8.04. The topological polar surface area (TPSA) is 24.7 Å². The Morgan fingerprint density at radius 1 is 1.05 bits per heavy atom. The molecule has 116 valence electrons. The Kier molecular flexibility index (Phi) is 8.09. The van der Waals surface area contributed by atoms with Gasteiger partial charge >= 0.3 is 0 Å². The van der Waals surface area contributed by atoms with Crippen LogP contribution in [0.1, 0.15) is 80.6 Å². The second-order valence-corrected chi connectivity index (χ2v) is 7.32. The summed E-state index contributed by atoms with van der Waals surface area (Å²) in [4.78, 5) is 0. The van der Waals surface area contributed by atoms with Gasteiger partial charge in [-0.15, -0.1) is 6.42 Å². The maximum Gasteiger partial charge on any atom is 0.128 e. The van der Waals surface area contributed by atoms with Crippen LogP contribution in [0.5, 0.6) is 0 Å². The molecule has 3 unspecified atom stereocenters. The van der Waals surface area contributed by atoms with Crippen molar-refractivity contribution in [1.29, 1.82) is 0 Å². The fourth-order valence-electron chi connectivity index (χ4n) is 2.53. The normalized spacial score (nSPS) is 18.5. The van der Waals surface area contributed by atoms with E-state index in [1.54, 1.807) is 0 Å². The average Bonchev–Trinajstić information content (AvgIpc) is 2.42. The highest BCUT2D eigenvalue weighted by molar-refractivity contribution is 4.95. The summed E-state index contributed by atoms with van der Waals surface area (Å²) in [6.45, 7) is 15.8. The summed E-state index contributed by atoms with van der Waals surface area (Å²) in [5.74, 6) is 2.58. The molecule has 0 aromatic rings. The summed E-state index contributed by atoms with van der Waals surface area (Å²) in [5, 5.41) is 8.48. The van der Waals surface area contributed by atoms with Crippen molar-refractivity contribution in [3.8, 4) is 12.3 Å². The molecule has 2 heteroatoms. The number of hydrogen-bond acceptors (Lipinski definition) is 2. The summed E-state index contributed by atoms with van der Waals surface area (Å²) in [6.07, 6.45) is 11.3. The van der Waals surface area contributed by atoms with Crippen LogP contribution in [0.2, 0.25) is 0 Å². The largest absolute Gasteiger partial charge is 0.190 e. The molecule has 0 saturated carbocycles. The Hall–Kier alpha value is -0.840. The highest BCUT2D eigenvalue weighted by Crippen LogP contribution is 2.41. The van der Waals surface area contributed by atoms with Crippen molar-refractivity contribution >= 4 is 0 Å². The van der Waals surface area contributed by atoms with Gasteiger partial charge in [0.25, 0.3) is 0 Å². The lowest BCUT2D eigenvalue weighted by Gasteiger charge is -2.37. The molecule has 0 aliphatic carbocycles. The van der Waals surface area contributed by atoms with Gasteiger partial charge in [-0.1, -0.05) is 53.4 Å². The second kappa shape index (κ2) is 8.45. The Balaban J connectivity index is 4.44. The first kappa shape index (κ1) is 19.2. The van der Waals surface area contributed by atoms with Gasteiger partial charge in [-0.25, -0.2) is 0 Å². The summed E-state index contributed by atoms with van der Waals surface area (Å²) < 4.78 is 0. The molecule has 0 heterocycles. The third-order valence-electron chi connectivity index (χ3n) is 4.56. The lowest BCUT2D eigenvalue weighted by atomic mass is 9.69. The minimum atomic E-state index is -0.103. The van der Waals surface area contributed by atoms with E-state index >= 15 is 0 Å². The molecular weight excluding hydrogens is 244 g/mol. The van der Waals surface area contributed by atoms with Crippen LogP contribution in [0.15, 0.2) is 10.2 Å². The van der Waals surface area contributed by atoms with Crippen LogP contribution in [0, 0.1) is 23.2 Å². The van der Waals surface area contributed by atoms with E-state index in [2.05, 4.69) is 57.7 Å². The SMILES string of the molecule is C#CC(C)N=NC(C)CCC(C)(CC)CC(C)(C)CC. The minimum absolute atomic E-state index is 0.103. The van der Waals surface area contributed by atoms with Gasteiger partial charge in [0, 0.05) is 0 Å². The minimum Gasteiger partial charge on any atom is -0.190 e. The maximum absolute atomic E-state index is 5.30. The van der Waals surface area contributed by atoms with Crippen LogP contribution < -0.4 is 0 Å². The van der Waals surface area contributed by atoms with Crippen LogP contribution in [-0.2, 0) is 0 Å². The molecular formula is C18H34N2. The van der Waals surface area contributed by atoms with E-state index in [9.17, 15) is 0 Å². The monoisotopic (exact) mass is 278 g/mol. The molecule has 0 spiro atoms. The molecule has 2 nitrogen and oxygen atoms in total. The van der Waals surface area contributed by atoms with Crippen molar-refractivity contribution in [2.24, 2.45) is 21.1 Å². The van der Waals surface area contributed by atoms with E-state index in [1.165, 1.54) is 25.7 Å². The van der Waals surface area contributed by atoms with Crippen LogP contribution in [0.25, 0.3) is 0 Å². The molecule has 0 aromatic heterocycles. The Morgan fingerprint density at radius 2 is 1.65 bits per heavy atom. The summed E-state index contributed by atoms with van der Waals surface area (Å²) >= 11 is 0. The van der Waals surface area contributed by atoms with E-state index in [-0.39, 0.29) is 12.1 Å². The van der Waals surface area contributed by atoms with Crippen molar-refractivity contribution in [2.75, 3.05) is 0 Å². The van der Waals surface area contributed by atoms with E-state index in [1.807, 2.05) is 6.92 Å². The molecule has 3 atom stereocenters. The van der Waals surface area contributed by atoms with Gasteiger partial charge in [0.15, 0.2) is 0 Å². The van der Waals surface area contributed by atoms with Gasteiger partial charge in [0.2, 0.25) is 0 Å². The van der Waals surface area contributed by atoms with Crippen molar-refractivity contribution < 1.29 is 0 Å². The van der Waals surface area contributed by atoms with E-state index < -0.39 is 0 Å². The molecule has 0 aromatic carbocycles. The standard InChI is InChI=1S/C18H34N2/c1-9-15(4)19-20-16(5)12-13-18(8,11-3)14-17(6,7)10-2/h1,15-16H,10-14H2,2-8H3. The molecule has 0 rings (SSSR count). The molecule has 0 fully saturated rings. The van der Waals surface area contributed by atoms with E-state index in [4.69, 9.17) is 6.42 Å². The molecule has 0 aliphatic heterocycles. The van der Waals surface area contributed by atoms with Gasteiger partial charge in [-0.3, -0.25) is 0 Å². The van der Waals surface area contributed by atoms with Gasteiger partial charge in [-0.05, 0) is 43.9 Å². The summed E-state index contributed by atoms with van der Waals surface area (Å²) in [5.41, 5.74) is 0.828. The molecule has 20 heavy (non-hydrogen) atoms. The average molecular weight is 278 g/mol. The van der Waals surface area contributed by atoms with Gasteiger partial charge in [0.05, 0.1) is 6.04 Å². The Bertz CT molecular complexity index is 338. The lowest BCUT2D eigenvalue weighted by molar-refractivity contribution is 0.147. The third kappa shape index (κ3) is 7.68. The van der Waals surface area contributed by atoms with Gasteiger partial charge in [-0.2, -0.15) is 10.2 Å². The van der Waals surface area contributed by atoms with E-state index in [0.29, 0.717) is 10.8 Å². The fourth-order valence-corrected chi connectivity index (χ4v) is 2.53. The Morgan fingerprint density at radius 3 is 2.10 bits per heavy atom. The third-order valence-corrected chi connectivity index (χ3v) is 4.56. The zero-order valence-electron chi connectivity index (χ0n) is 14.7. The molecule has 0 saturated heterocycles. The quantitative estimate of drug-likeness (QED) is 0.372. The second-order valence-electron chi connectivity index (χ2n) is 7.32. The van der Waals surface area contributed by atoms with Crippen molar-refractivity contribution in [3.05, 3.63) is 0 Å². The zero-order chi connectivity index (χ0) is 15.8. The lowest BCUT2D eigenvalue weighted by Crippen LogP contribution is -2.25. The van der Waals surface area contributed by atoms with E-state index in [0.717, 1.165) is 6.42 Å².